The molecule has 10 heavy (non-hydrogen) atoms. The number of rotatable bonds is 1. The molecule has 0 saturated carbocycles. The SMILES string of the molecule is CC[C@@H]1NCC(C)NC1=O. The lowest BCUT2D eigenvalue weighted by atomic mass is 10.1. The van der Waals surface area contributed by atoms with Crippen molar-refractivity contribution in [1.29, 1.82) is 0 Å². The lowest BCUT2D eigenvalue weighted by Crippen LogP contribution is -2.56. The third-order valence-electron chi connectivity index (χ3n) is 1.78. The van der Waals surface area contributed by atoms with E-state index in [4.69, 9.17) is 0 Å². The molecule has 0 aliphatic carbocycles. The first-order chi connectivity index (χ1) is 4.74. The molecule has 0 aromatic carbocycles. The minimum absolute atomic E-state index is 0.0381. The Morgan fingerprint density at radius 2 is 2.40 bits per heavy atom. The minimum atomic E-state index is 0.0381. The van der Waals surface area contributed by atoms with Gasteiger partial charge in [0, 0.05) is 12.6 Å². The van der Waals surface area contributed by atoms with Gasteiger partial charge in [-0.15, -0.1) is 0 Å². The molecule has 1 amide bonds. The van der Waals surface area contributed by atoms with Crippen LogP contribution in [-0.4, -0.2) is 24.5 Å². The second-order valence-electron chi connectivity index (χ2n) is 2.78. The number of piperazine rings is 1. The summed E-state index contributed by atoms with van der Waals surface area (Å²) in [6.45, 7) is 4.90. The summed E-state index contributed by atoms with van der Waals surface area (Å²) < 4.78 is 0. The number of hydrogen-bond acceptors (Lipinski definition) is 2. The van der Waals surface area contributed by atoms with E-state index in [0.717, 1.165) is 13.0 Å². The first-order valence-corrected chi connectivity index (χ1v) is 3.77. The topological polar surface area (TPSA) is 41.1 Å². The third-order valence-corrected chi connectivity index (χ3v) is 1.78. The Morgan fingerprint density at radius 1 is 1.70 bits per heavy atom. The molecule has 2 atom stereocenters. The third kappa shape index (κ3) is 1.48. The molecule has 2 N–H and O–H groups in total. The Balaban J connectivity index is 2.43. The summed E-state index contributed by atoms with van der Waals surface area (Å²) >= 11 is 0. The van der Waals surface area contributed by atoms with Gasteiger partial charge >= 0.3 is 0 Å². The van der Waals surface area contributed by atoms with Crippen molar-refractivity contribution in [3.63, 3.8) is 0 Å². The Labute approximate surface area is 61.2 Å². The summed E-state index contributed by atoms with van der Waals surface area (Å²) in [6, 6.07) is 0.325. The van der Waals surface area contributed by atoms with Gasteiger partial charge in [0.25, 0.3) is 0 Å². The van der Waals surface area contributed by atoms with Gasteiger partial charge in [-0.2, -0.15) is 0 Å². The van der Waals surface area contributed by atoms with Gasteiger partial charge in [-0.05, 0) is 13.3 Å². The normalized spacial score (nSPS) is 33.6. The van der Waals surface area contributed by atoms with E-state index in [0.29, 0.717) is 0 Å². The van der Waals surface area contributed by atoms with Gasteiger partial charge in [0.15, 0.2) is 0 Å². The van der Waals surface area contributed by atoms with Crippen LogP contribution in [-0.2, 0) is 4.79 Å². The Morgan fingerprint density at radius 3 is 2.90 bits per heavy atom. The highest BCUT2D eigenvalue weighted by Gasteiger charge is 2.22. The van der Waals surface area contributed by atoms with Crippen LogP contribution in [0.5, 0.6) is 0 Å². The molecule has 0 bridgehead atoms. The van der Waals surface area contributed by atoms with E-state index in [1.165, 1.54) is 0 Å². The van der Waals surface area contributed by atoms with Crippen LogP contribution in [0.25, 0.3) is 0 Å². The highest BCUT2D eigenvalue weighted by molar-refractivity contribution is 5.82. The van der Waals surface area contributed by atoms with Gasteiger partial charge in [0.1, 0.15) is 0 Å². The van der Waals surface area contributed by atoms with Gasteiger partial charge in [0.05, 0.1) is 6.04 Å². The summed E-state index contributed by atoms with van der Waals surface area (Å²) in [5, 5.41) is 6.04. The van der Waals surface area contributed by atoms with Crippen LogP contribution in [0, 0.1) is 0 Å². The van der Waals surface area contributed by atoms with Crippen LogP contribution in [0.15, 0.2) is 0 Å². The molecule has 1 heterocycles. The van der Waals surface area contributed by atoms with Gasteiger partial charge in [0.2, 0.25) is 5.91 Å². The molecular formula is C7H14N2O. The number of carbonyl (C=O) groups is 1. The van der Waals surface area contributed by atoms with Crippen molar-refractivity contribution in [2.45, 2.75) is 32.4 Å². The molecule has 1 unspecified atom stereocenters. The maximum atomic E-state index is 11.1. The summed E-state index contributed by atoms with van der Waals surface area (Å²) in [5.74, 6) is 0.140. The molecule has 1 saturated heterocycles. The van der Waals surface area contributed by atoms with E-state index in [2.05, 4.69) is 10.6 Å². The maximum absolute atomic E-state index is 11.1. The van der Waals surface area contributed by atoms with Crippen LogP contribution >= 0.6 is 0 Å². The zero-order chi connectivity index (χ0) is 7.56. The van der Waals surface area contributed by atoms with E-state index in [1.54, 1.807) is 0 Å². The molecule has 58 valence electrons. The number of hydrogen-bond donors (Lipinski definition) is 2. The van der Waals surface area contributed by atoms with Gasteiger partial charge < -0.3 is 10.6 Å². The highest BCUT2D eigenvalue weighted by Crippen LogP contribution is 1.97. The quantitative estimate of drug-likeness (QED) is 0.535. The largest absolute Gasteiger partial charge is 0.351 e. The lowest BCUT2D eigenvalue weighted by molar-refractivity contribution is -0.125. The van der Waals surface area contributed by atoms with E-state index in [-0.39, 0.29) is 18.0 Å². The molecule has 3 heteroatoms. The monoisotopic (exact) mass is 142 g/mol. The molecule has 1 rings (SSSR count). The molecule has 0 aromatic rings. The smallest absolute Gasteiger partial charge is 0.237 e. The lowest BCUT2D eigenvalue weighted by Gasteiger charge is -2.27. The fraction of sp³-hybridized carbons (Fsp3) is 0.857. The van der Waals surface area contributed by atoms with E-state index in [9.17, 15) is 4.79 Å². The molecular weight excluding hydrogens is 128 g/mol. The number of amides is 1. The van der Waals surface area contributed by atoms with Crippen molar-refractivity contribution in [2.75, 3.05) is 6.54 Å². The maximum Gasteiger partial charge on any atom is 0.237 e. The Kier molecular flexibility index (Phi) is 2.27. The molecule has 0 aromatic heterocycles. The molecule has 0 radical (unpaired) electrons. The highest BCUT2D eigenvalue weighted by atomic mass is 16.2. The summed E-state index contributed by atoms with van der Waals surface area (Å²) in [4.78, 5) is 11.1. The molecule has 3 nitrogen and oxygen atoms in total. The second kappa shape index (κ2) is 3.01. The van der Waals surface area contributed by atoms with Crippen LogP contribution in [0.2, 0.25) is 0 Å². The first-order valence-electron chi connectivity index (χ1n) is 3.77. The predicted molar refractivity (Wildman–Crippen MR) is 39.7 cm³/mol. The molecule has 1 aliphatic heterocycles. The Bertz CT molecular complexity index is 136. The van der Waals surface area contributed by atoms with Crippen molar-refractivity contribution < 1.29 is 4.79 Å². The van der Waals surface area contributed by atoms with Crippen LogP contribution in [0.1, 0.15) is 20.3 Å². The van der Waals surface area contributed by atoms with Crippen molar-refractivity contribution in [1.82, 2.24) is 10.6 Å². The summed E-state index contributed by atoms with van der Waals surface area (Å²) in [7, 11) is 0. The zero-order valence-corrected chi connectivity index (χ0v) is 6.48. The summed E-state index contributed by atoms with van der Waals surface area (Å²) in [5.41, 5.74) is 0. The number of carbonyl (C=O) groups excluding carboxylic acids is 1. The number of nitrogens with one attached hydrogen (secondary N) is 2. The minimum Gasteiger partial charge on any atom is -0.351 e. The Hall–Kier alpha value is -0.570. The van der Waals surface area contributed by atoms with Crippen LogP contribution in [0.4, 0.5) is 0 Å². The van der Waals surface area contributed by atoms with Crippen molar-refractivity contribution >= 4 is 5.91 Å². The fourth-order valence-electron chi connectivity index (χ4n) is 1.14. The van der Waals surface area contributed by atoms with Gasteiger partial charge in [-0.25, -0.2) is 0 Å². The fourth-order valence-corrected chi connectivity index (χ4v) is 1.14. The average Bonchev–Trinajstić information content (AvgIpc) is 1.88. The standard InChI is InChI=1S/C7H14N2O/c1-3-6-7(10)9-5(2)4-8-6/h5-6,8H,3-4H2,1-2H3,(H,9,10)/t5?,6-/m0/s1. The first kappa shape index (κ1) is 7.54. The second-order valence-corrected chi connectivity index (χ2v) is 2.78. The van der Waals surface area contributed by atoms with Crippen LogP contribution in [0.3, 0.4) is 0 Å². The van der Waals surface area contributed by atoms with Gasteiger partial charge in [-0.3, -0.25) is 4.79 Å². The van der Waals surface area contributed by atoms with Gasteiger partial charge in [-0.1, -0.05) is 6.92 Å². The van der Waals surface area contributed by atoms with E-state index >= 15 is 0 Å². The summed E-state index contributed by atoms with van der Waals surface area (Å²) in [6.07, 6.45) is 0.874. The van der Waals surface area contributed by atoms with Crippen LogP contribution < -0.4 is 10.6 Å². The average molecular weight is 142 g/mol. The van der Waals surface area contributed by atoms with E-state index < -0.39 is 0 Å². The van der Waals surface area contributed by atoms with Crippen molar-refractivity contribution in [3.05, 3.63) is 0 Å². The van der Waals surface area contributed by atoms with Crippen molar-refractivity contribution in [2.24, 2.45) is 0 Å². The van der Waals surface area contributed by atoms with Crippen molar-refractivity contribution in [3.8, 4) is 0 Å². The van der Waals surface area contributed by atoms with E-state index in [1.807, 2.05) is 13.8 Å². The molecule has 0 spiro atoms. The molecule has 1 aliphatic rings. The molecule has 1 fully saturated rings. The zero-order valence-electron chi connectivity index (χ0n) is 6.48. The predicted octanol–water partition coefficient (Wildman–Crippen LogP) is -0.127.